The number of ether oxygens (including phenoxy) is 2. The number of hydrogen-bond donors (Lipinski definition) is 2. The van der Waals surface area contributed by atoms with Crippen molar-refractivity contribution in [2.75, 3.05) is 13.2 Å². The molecule has 68 heavy (non-hydrogen) atoms. The van der Waals surface area contributed by atoms with Crippen molar-refractivity contribution in [1.29, 1.82) is 0 Å². The number of fused-ring (bicyclic) bond motifs is 11. The van der Waals surface area contributed by atoms with Crippen molar-refractivity contribution in [2.45, 2.75) is 38.4 Å². The van der Waals surface area contributed by atoms with Crippen molar-refractivity contribution in [1.82, 2.24) is 24.9 Å². The molecule has 7 heterocycles. The molecule has 0 amide bonds. The molecule has 3 aliphatic rings. The molecule has 5 aromatic carbocycles. The summed E-state index contributed by atoms with van der Waals surface area (Å²) in [5, 5.41) is 1.01. The number of nitrogens with one attached hydrogen (secondary N) is 2. The summed E-state index contributed by atoms with van der Waals surface area (Å²) in [4.78, 5) is 24.9. The van der Waals surface area contributed by atoms with E-state index in [1.54, 1.807) is 0 Å². The molecule has 0 saturated carbocycles. The van der Waals surface area contributed by atoms with E-state index >= 15 is 0 Å². The van der Waals surface area contributed by atoms with Crippen molar-refractivity contribution >= 4 is 57.3 Å². The van der Waals surface area contributed by atoms with E-state index in [-0.39, 0.29) is 6.29 Å². The summed E-state index contributed by atoms with van der Waals surface area (Å²) in [6.07, 6.45) is 13.3. The molecule has 7 heteroatoms. The molecule has 3 aliphatic heterocycles. The number of nitrogens with zero attached hydrogens (tertiary/aromatic N) is 3. The largest absolute Gasteiger partial charge is 0.354 e. The Morgan fingerprint density at radius 3 is 1.46 bits per heavy atom. The Kier molecular flexibility index (Phi) is 11.2. The first kappa shape index (κ1) is 41.5. The molecular formula is C61H49N5O2. The maximum atomic E-state index is 6.29. The maximum absolute atomic E-state index is 6.29. The van der Waals surface area contributed by atoms with Crippen LogP contribution in [0.5, 0.6) is 0 Å². The summed E-state index contributed by atoms with van der Waals surface area (Å²) in [5.41, 5.74) is 19.4. The first-order chi connectivity index (χ1) is 33.7. The van der Waals surface area contributed by atoms with Gasteiger partial charge in [0.2, 0.25) is 0 Å². The zero-order valence-corrected chi connectivity index (χ0v) is 37.7. The number of aromatic amines is 2. The topological polar surface area (TPSA) is 88.7 Å². The van der Waals surface area contributed by atoms with E-state index in [9.17, 15) is 0 Å². The van der Waals surface area contributed by atoms with Crippen LogP contribution < -0.4 is 0 Å². The van der Waals surface area contributed by atoms with Crippen molar-refractivity contribution in [3.05, 3.63) is 198 Å². The number of hydrogen-bond acceptors (Lipinski definition) is 5. The lowest BCUT2D eigenvalue weighted by molar-refractivity contribution is -0.162. The molecule has 0 spiro atoms. The standard InChI is InChI=1S/C61H49N5O2/c1-6-19-40(20-7-1)54-47-31-32-48(62-47)55(41-21-8-2-9-22-41)50-34-36-52(64-50)57(43-25-12-4-13-26-43)61-60-46(59(66-61)56(42-23-10-3-11-24-42)51-35-33-49(54)63-51)39-45(58(65-60)44-27-14-5-15-28-44)29-18-38-68-53-30-16-17-37-67-53/h1-15,19-28,31-36,39,53,62,66H,16-18,29-30,37-38H2. The van der Waals surface area contributed by atoms with Crippen molar-refractivity contribution in [3.8, 4) is 55.8 Å². The summed E-state index contributed by atoms with van der Waals surface area (Å²) in [6.45, 7) is 1.36. The second-order valence-electron chi connectivity index (χ2n) is 17.6. The Balaban J connectivity index is 1.24. The van der Waals surface area contributed by atoms with Gasteiger partial charge in [-0.1, -0.05) is 152 Å². The molecule has 1 saturated heterocycles. The van der Waals surface area contributed by atoms with Crippen LogP contribution >= 0.6 is 0 Å². The highest BCUT2D eigenvalue weighted by atomic mass is 16.7. The minimum absolute atomic E-state index is 0.136. The maximum Gasteiger partial charge on any atom is 0.157 e. The molecular weight excluding hydrogens is 835 g/mol. The second-order valence-corrected chi connectivity index (χ2v) is 17.6. The average Bonchev–Trinajstić information content (AvgIpc) is 4.25. The number of aryl methyl sites for hydroxylation is 1. The molecule has 9 aromatic rings. The third-order valence-corrected chi connectivity index (χ3v) is 13.2. The summed E-state index contributed by atoms with van der Waals surface area (Å²) in [6, 6.07) is 59.6. The SMILES string of the molecule is C1=Cc2nc1c(-c1ccccc1)c1ccc([nH]1)c(-c1ccccc1)c1nc(c(-c3ccccc3)c3[nH]c(c2-c2ccccc2)c2cc(CCCOC4CCCCO4)c(-c4ccccc4)nc32)C=C1. The molecule has 1 fully saturated rings. The predicted molar refractivity (Wildman–Crippen MR) is 279 cm³/mol. The Morgan fingerprint density at radius 1 is 0.485 bits per heavy atom. The van der Waals surface area contributed by atoms with Gasteiger partial charge in [-0.2, -0.15) is 0 Å². The lowest BCUT2D eigenvalue weighted by atomic mass is 9.97. The van der Waals surface area contributed by atoms with Crippen molar-refractivity contribution in [2.24, 2.45) is 0 Å². The highest BCUT2D eigenvalue weighted by Gasteiger charge is 2.24. The summed E-state index contributed by atoms with van der Waals surface area (Å²) >= 11 is 0. The van der Waals surface area contributed by atoms with Crippen molar-refractivity contribution in [3.63, 3.8) is 0 Å². The zero-order chi connectivity index (χ0) is 45.2. The van der Waals surface area contributed by atoms with Gasteiger partial charge in [0.25, 0.3) is 0 Å². The lowest BCUT2D eigenvalue weighted by Gasteiger charge is -2.22. The number of benzene rings is 5. The fourth-order valence-electron chi connectivity index (χ4n) is 10.0. The van der Waals surface area contributed by atoms with Gasteiger partial charge in [-0.25, -0.2) is 15.0 Å². The Labute approximate surface area is 395 Å². The first-order valence-electron chi connectivity index (χ1n) is 23.8. The molecule has 1 unspecified atom stereocenters. The van der Waals surface area contributed by atoms with Crippen LogP contribution in [-0.2, 0) is 15.9 Å². The van der Waals surface area contributed by atoms with E-state index in [0.717, 1.165) is 156 Å². The molecule has 8 bridgehead atoms. The average molecular weight is 884 g/mol. The van der Waals surface area contributed by atoms with Gasteiger partial charge in [0.05, 0.1) is 51.6 Å². The van der Waals surface area contributed by atoms with Crippen LogP contribution in [0.3, 0.4) is 0 Å². The van der Waals surface area contributed by atoms with E-state index in [1.807, 2.05) is 0 Å². The number of rotatable bonds is 10. The lowest BCUT2D eigenvalue weighted by Crippen LogP contribution is -2.22. The zero-order valence-electron chi connectivity index (χ0n) is 37.7. The second kappa shape index (κ2) is 18.4. The molecule has 12 rings (SSSR count). The van der Waals surface area contributed by atoms with Gasteiger partial charge in [-0.15, -0.1) is 0 Å². The summed E-state index contributed by atoms with van der Waals surface area (Å²) in [5.74, 6) is 0. The molecule has 330 valence electrons. The highest BCUT2D eigenvalue weighted by Crippen LogP contribution is 2.43. The van der Waals surface area contributed by atoms with E-state index in [1.165, 1.54) is 0 Å². The number of H-pyrrole nitrogens is 2. The van der Waals surface area contributed by atoms with Crippen LogP contribution in [0.1, 0.15) is 54.0 Å². The minimum atomic E-state index is -0.136. The van der Waals surface area contributed by atoms with E-state index in [2.05, 4.69) is 204 Å². The van der Waals surface area contributed by atoms with Gasteiger partial charge in [0.15, 0.2) is 6.29 Å². The molecule has 4 aromatic heterocycles. The van der Waals surface area contributed by atoms with Crippen LogP contribution in [0.25, 0.3) is 113 Å². The molecule has 0 aliphatic carbocycles. The molecule has 2 N–H and O–H groups in total. The van der Waals surface area contributed by atoms with Crippen LogP contribution in [-0.4, -0.2) is 44.4 Å². The van der Waals surface area contributed by atoms with Gasteiger partial charge < -0.3 is 19.4 Å². The summed E-state index contributed by atoms with van der Waals surface area (Å²) in [7, 11) is 0. The number of aromatic nitrogens is 5. The van der Waals surface area contributed by atoms with Crippen LogP contribution in [0.4, 0.5) is 0 Å². The van der Waals surface area contributed by atoms with Gasteiger partial charge in [0, 0.05) is 50.8 Å². The van der Waals surface area contributed by atoms with Crippen LogP contribution in [0, 0.1) is 0 Å². The highest BCUT2D eigenvalue weighted by molar-refractivity contribution is 6.16. The van der Waals surface area contributed by atoms with Crippen LogP contribution in [0.2, 0.25) is 0 Å². The van der Waals surface area contributed by atoms with E-state index in [4.69, 9.17) is 24.4 Å². The third-order valence-electron chi connectivity index (χ3n) is 13.2. The smallest absolute Gasteiger partial charge is 0.157 e. The van der Waals surface area contributed by atoms with E-state index in [0.29, 0.717) is 6.61 Å². The molecule has 7 nitrogen and oxygen atoms in total. The van der Waals surface area contributed by atoms with E-state index < -0.39 is 0 Å². The summed E-state index contributed by atoms with van der Waals surface area (Å²) < 4.78 is 12.2. The normalized spacial score (nSPS) is 14.4. The predicted octanol–water partition coefficient (Wildman–Crippen LogP) is 15.0. The molecule has 0 radical (unpaired) electrons. The fourth-order valence-corrected chi connectivity index (χ4v) is 10.0. The quantitative estimate of drug-likeness (QED) is 0.134. The first-order valence-corrected chi connectivity index (χ1v) is 23.8. The van der Waals surface area contributed by atoms with Crippen molar-refractivity contribution < 1.29 is 9.47 Å². The monoisotopic (exact) mass is 883 g/mol. The van der Waals surface area contributed by atoms with Crippen LogP contribution in [0.15, 0.2) is 170 Å². The minimum Gasteiger partial charge on any atom is -0.354 e. The Hall–Kier alpha value is -7.97. The third kappa shape index (κ3) is 7.96. The molecule has 1 atom stereocenters. The fraction of sp³-hybridized carbons (Fsp3) is 0.131. The van der Waals surface area contributed by atoms with Gasteiger partial charge in [-0.3, -0.25) is 0 Å². The Bertz CT molecular complexity index is 3520. The van der Waals surface area contributed by atoms with Gasteiger partial charge in [0.1, 0.15) is 0 Å². The number of pyridine rings is 1. The van der Waals surface area contributed by atoms with Gasteiger partial charge in [-0.05, 0) is 102 Å². The Morgan fingerprint density at radius 2 is 0.956 bits per heavy atom. The van der Waals surface area contributed by atoms with Gasteiger partial charge >= 0.3 is 0 Å².